The van der Waals surface area contributed by atoms with Gasteiger partial charge in [-0.25, -0.2) is 0 Å². The van der Waals surface area contributed by atoms with Crippen LogP contribution in [0, 0.1) is 0 Å². The summed E-state index contributed by atoms with van der Waals surface area (Å²) in [4.78, 5) is 5.18. The average Bonchev–Trinajstić information content (AvgIpc) is 2.34. The summed E-state index contributed by atoms with van der Waals surface area (Å²) in [5.74, 6) is 0. The number of nitrogens with one attached hydrogen (secondary N) is 1. The molecule has 1 N–H and O–H groups in total. The van der Waals surface area contributed by atoms with E-state index in [9.17, 15) is 0 Å². The Morgan fingerprint density at radius 2 is 2.11 bits per heavy atom. The van der Waals surface area contributed by atoms with Crippen molar-refractivity contribution in [3.05, 3.63) is 12.8 Å². The molecule has 0 aromatic heterocycles. The van der Waals surface area contributed by atoms with Gasteiger partial charge in [0, 0.05) is 6.20 Å². The molecule has 2 nitrogen and oxygen atoms in total. The van der Waals surface area contributed by atoms with Gasteiger partial charge in [-0.1, -0.05) is 19.4 Å². The lowest BCUT2D eigenvalue weighted by atomic mass is 10.3. The highest BCUT2D eigenvalue weighted by atomic mass is 16.7. The molecule has 0 aliphatic heterocycles. The minimum Gasteiger partial charge on any atom is -0.275 e. The summed E-state index contributed by atoms with van der Waals surface area (Å²) in [6.45, 7) is 3.49. The van der Waals surface area contributed by atoms with Crippen molar-refractivity contribution in [3.8, 4) is 0 Å². The number of hydrogen-bond acceptors (Lipinski definition) is 2. The second kappa shape index (κ2) is 3.51. The fourth-order valence-corrected chi connectivity index (χ4v) is 1.15. The highest BCUT2D eigenvalue weighted by molar-refractivity contribution is 4.66. The van der Waals surface area contributed by atoms with Crippen LogP contribution in [0.25, 0.3) is 0 Å². The summed E-state index contributed by atoms with van der Waals surface area (Å²) in [5, 5.41) is 0. The Kier molecular flexibility index (Phi) is 2.58. The van der Waals surface area contributed by atoms with Crippen LogP contribution in [0.2, 0.25) is 0 Å². The van der Waals surface area contributed by atoms with E-state index in [1.165, 1.54) is 25.7 Å². The lowest BCUT2D eigenvalue weighted by molar-refractivity contribution is 0.00384. The van der Waals surface area contributed by atoms with Crippen LogP contribution in [0.5, 0.6) is 0 Å². The monoisotopic (exact) mass is 127 g/mol. The Morgan fingerprint density at radius 1 is 1.44 bits per heavy atom. The molecule has 0 bridgehead atoms. The molecule has 0 aromatic carbocycles. The predicted molar refractivity (Wildman–Crippen MR) is 36.7 cm³/mol. The summed E-state index contributed by atoms with van der Waals surface area (Å²) in [5.41, 5.74) is 2.65. The van der Waals surface area contributed by atoms with E-state index in [-0.39, 0.29) is 0 Å². The van der Waals surface area contributed by atoms with Crippen molar-refractivity contribution < 1.29 is 4.84 Å². The van der Waals surface area contributed by atoms with Gasteiger partial charge in [0.1, 0.15) is 0 Å². The maximum Gasteiger partial charge on any atom is 0.0853 e. The third-order valence-corrected chi connectivity index (χ3v) is 1.62. The first-order valence-corrected chi connectivity index (χ1v) is 3.45. The number of rotatable bonds is 3. The SMILES string of the molecule is C=CNOC1CCCC1. The molecule has 1 aliphatic carbocycles. The van der Waals surface area contributed by atoms with E-state index >= 15 is 0 Å². The van der Waals surface area contributed by atoms with Gasteiger partial charge in [0.2, 0.25) is 0 Å². The van der Waals surface area contributed by atoms with Crippen LogP contribution >= 0.6 is 0 Å². The molecule has 0 amide bonds. The second-order valence-corrected chi connectivity index (χ2v) is 2.35. The molecule has 0 aromatic rings. The Labute approximate surface area is 55.9 Å². The summed E-state index contributed by atoms with van der Waals surface area (Å²) < 4.78 is 0. The normalized spacial score (nSPS) is 20.0. The second-order valence-electron chi connectivity index (χ2n) is 2.35. The molecule has 2 heteroatoms. The average molecular weight is 127 g/mol. The molecule has 0 radical (unpaired) electrons. The lowest BCUT2D eigenvalue weighted by Crippen LogP contribution is -2.15. The maximum atomic E-state index is 5.18. The molecular weight excluding hydrogens is 114 g/mol. The number of hydroxylamine groups is 1. The third kappa shape index (κ3) is 2.06. The van der Waals surface area contributed by atoms with Gasteiger partial charge in [0.05, 0.1) is 6.10 Å². The van der Waals surface area contributed by atoms with E-state index < -0.39 is 0 Å². The van der Waals surface area contributed by atoms with Crippen LogP contribution in [-0.2, 0) is 4.84 Å². The van der Waals surface area contributed by atoms with Crippen LogP contribution in [0.3, 0.4) is 0 Å². The van der Waals surface area contributed by atoms with Gasteiger partial charge in [-0.2, -0.15) is 0 Å². The molecular formula is C7H13NO. The van der Waals surface area contributed by atoms with Gasteiger partial charge in [-0.05, 0) is 12.8 Å². The molecule has 0 heterocycles. The topological polar surface area (TPSA) is 21.3 Å². The van der Waals surface area contributed by atoms with Gasteiger partial charge in [0.25, 0.3) is 0 Å². The molecule has 1 saturated carbocycles. The molecule has 0 spiro atoms. The largest absolute Gasteiger partial charge is 0.275 e. The van der Waals surface area contributed by atoms with E-state index in [1.807, 2.05) is 0 Å². The van der Waals surface area contributed by atoms with E-state index in [0.717, 1.165) is 0 Å². The molecule has 0 atom stereocenters. The van der Waals surface area contributed by atoms with E-state index in [2.05, 4.69) is 12.1 Å². The molecule has 1 aliphatic rings. The first kappa shape index (κ1) is 6.62. The van der Waals surface area contributed by atoms with Crippen LogP contribution in [0.15, 0.2) is 12.8 Å². The summed E-state index contributed by atoms with van der Waals surface area (Å²) in [7, 11) is 0. The van der Waals surface area contributed by atoms with Crippen LogP contribution in [-0.4, -0.2) is 6.10 Å². The predicted octanol–water partition coefficient (Wildman–Crippen LogP) is 1.59. The maximum absolute atomic E-state index is 5.18. The lowest BCUT2D eigenvalue weighted by Gasteiger charge is -2.07. The standard InChI is InChI=1S/C7H13NO/c1-2-8-9-7-5-3-4-6-7/h2,7-8H,1,3-6H2. The minimum absolute atomic E-state index is 0.433. The number of hydrogen-bond donors (Lipinski definition) is 1. The fraction of sp³-hybridized carbons (Fsp3) is 0.714. The third-order valence-electron chi connectivity index (χ3n) is 1.62. The van der Waals surface area contributed by atoms with Gasteiger partial charge < -0.3 is 0 Å². The van der Waals surface area contributed by atoms with Gasteiger partial charge in [-0.3, -0.25) is 10.3 Å². The van der Waals surface area contributed by atoms with Crippen LogP contribution < -0.4 is 5.48 Å². The molecule has 0 unspecified atom stereocenters. The molecule has 52 valence electrons. The zero-order valence-electron chi connectivity index (χ0n) is 5.60. The van der Waals surface area contributed by atoms with Crippen LogP contribution in [0.1, 0.15) is 25.7 Å². The van der Waals surface area contributed by atoms with Crippen molar-refractivity contribution in [2.75, 3.05) is 0 Å². The molecule has 1 fully saturated rings. The quantitative estimate of drug-likeness (QED) is 0.581. The summed E-state index contributed by atoms with van der Waals surface area (Å²) in [6.07, 6.45) is 7.01. The highest BCUT2D eigenvalue weighted by Gasteiger charge is 2.14. The van der Waals surface area contributed by atoms with E-state index in [4.69, 9.17) is 4.84 Å². The van der Waals surface area contributed by atoms with E-state index in [1.54, 1.807) is 6.20 Å². The minimum atomic E-state index is 0.433. The van der Waals surface area contributed by atoms with Gasteiger partial charge >= 0.3 is 0 Å². The zero-order chi connectivity index (χ0) is 6.53. The molecule has 1 rings (SSSR count). The van der Waals surface area contributed by atoms with Crippen molar-refractivity contribution >= 4 is 0 Å². The highest BCUT2D eigenvalue weighted by Crippen LogP contribution is 2.19. The van der Waals surface area contributed by atoms with Gasteiger partial charge in [-0.15, -0.1) is 0 Å². The Hall–Kier alpha value is -0.500. The van der Waals surface area contributed by atoms with Gasteiger partial charge in [0.15, 0.2) is 0 Å². The fourth-order valence-electron chi connectivity index (χ4n) is 1.15. The van der Waals surface area contributed by atoms with Crippen molar-refractivity contribution in [1.82, 2.24) is 5.48 Å². The Balaban J connectivity index is 2.04. The van der Waals surface area contributed by atoms with Crippen molar-refractivity contribution in [2.45, 2.75) is 31.8 Å². The Bertz CT molecular complexity index is 86.9. The summed E-state index contributed by atoms with van der Waals surface area (Å²) >= 11 is 0. The first-order chi connectivity index (χ1) is 4.43. The molecule has 9 heavy (non-hydrogen) atoms. The Morgan fingerprint density at radius 3 is 2.67 bits per heavy atom. The smallest absolute Gasteiger partial charge is 0.0853 e. The van der Waals surface area contributed by atoms with Crippen LogP contribution in [0.4, 0.5) is 0 Å². The zero-order valence-corrected chi connectivity index (χ0v) is 5.60. The van der Waals surface area contributed by atoms with E-state index in [0.29, 0.717) is 6.10 Å². The first-order valence-electron chi connectivity index (χ1n) is 3.45. The van der Waals surface area contributed by atoms with Crippen molar-refractivity contribution in [3.63, 3.8) is 0 Å². The summed E-state index contributed by atoms with van der Waals surface area (Å²) in [6, 6.07) is 0. The molecule has 0 saturated heterocycles. The van der Waals surface area contributed by atoms with Crippen molar-refractivity contribution in [1.29, 1.82) is 0 Å². The van der Waals surface area contributed by atoms with Crippen molar-refractivity contribution in [2.24, 2.45) is 0 Å².